The lowest BCUT2D eigenvalue weighted by Gasteiger charge is -2.35. The number of thiazole rings is 1. The molecule has 1 aliphatic heterocycles. The molecule has 54 heavy (non-hydrogen) atoms. The monoisotopic (exact) mass is 783 g/mol. The normalized spacial score (nSPS) is 15.9. The summed E-state index contributed by atoms with van der Waals surface area (Å²) in [6.45, 7) is 10.3. The van der Waals surface area contributed by atoms with E-state index in [1.807, 2.05) is 63.4 Å². The smallest absolute Gasteiger partial charge is 0.321 e. The summed E-state index contributed by atoms with van der Waals surface area (Å²) >= 11 is 1.42. The molecule has 1 aromatic heterocycles. The van der Waals surface area contributed by atoms with Gasteiger partial charge in [0.1, 0.15) is 11.0 Å². The van der Waals surface area contributed by atoms with Gasteiger partial charge >= 0.3 is 6.03 Å². The van der Waals surface area contributed by atoms with Gasteiger partial charge in [0.2, 0.25) is 21.8 Å². The number of nitrogens with one attached hydrogen (secondary N) is 1. The Hall–Kier alpha value is -4.38. The minimum Gasteiger partial charge on any atom is -0.411 e. The number of oxime groups is 1. The molecule has 1 fully saturated rings. The van der Waals surface area contributed by atoms with Crippen molar-refractivity contribution in [1.82, 2.24) is 29.3 Å². The second kappa shape index (κ2) is 19.3. The molecule has 0 aliphatic carbocycles. The third-order valence-electron chi connectivity index (χ3n) is 9.55. The van der Waals surface area contributed by atoms with E-state index in [1.54, 1.807) is 21.7 Å². The first-order valence-electron chi connectivity index (χ1n) is 18.1. The van der Waals surface area contributed by atoms with Crippen LogP contribution in [-0.4, -0.2) is 118 Å². The van der Waals surface area contributed by atoms with Crippen LogP contribution in [0.25, 0.3) is 0 Å². The number of benzene rings is 2. The zero-order valence-electron chi connectivity index (χ0n) is 31.8. The Bertz CT molecular complexity index is 1840. The van der Waals surface area contributed by atoms with E-state index in [0.29, 0.717) is 37.3 Å². The maximum Gasteiger partial charge on any atom is 0.321 e. The van der Waals surface area contributed by atoms with Crippen molar-refractivity contribution in [3.05, 3.63) is 81.8 Å². The summed E-state index contributed by atoms with van der Waals surface area (Å²) in [6, 6.07) is 13.2. The Kier molecular flexibility index (Phi) is 15.1. The molecule has 0 unspecified atom stereocenters. The first kappa shape index (κ1) is 42.4. The fraction of sp³-hybridized carbons (Fsp3) is 0.500. The number of sulfonamides is 1. The lowest BCUT2D eigenvalue weighted by atomic mass is 9.95. The quantitative estimate of drug-likeness (QED) is 0.0929. The molecule has 1 saturated heterocycles. The summed E-state index contributed by atoms with van der Waals surface area (Å²) in [5.41, 5.74) is 2.05. The van der Waals surface area contributed by atoms with Gasteiger partial charge in [0.05, 0.1) is 42.0 Å². The zero-order valence-corrected chi connectivity index (χ0v) is 33.5. The van der Waals surface area contributed by atoms with Crippen molar-refractivity contribution < 1.29 is 33.1 Å². The molecule has 4 atom stereocenters. The molecule has 0 radical (unpaired) electrons. The molecule has 3 N–H and O–H groups in total. The molecular weight excluding hydrogens is 731 g/mol. The number of amides is 4. The Morgan fingerprint density at radius 2 is 1.76 bits per heavy atom. The number of nitrogens with zero attached hydrogens (tertiary/aromatic N) is 6. The van der Waals surface area contributed by atoms with Crippen LogP contribution in [0, 0.1) is 11.8 Å². The summed E-state index contributed by atoms with van der Waals surface area (Å²) in [6.07, 6.45) is 0.706. The average molecular weight is 784 g/mol. The molecule has 0 spiro atoms. The number of urea groups is 1. The van der Waals surface area contributed by atoms with Crippen LogP contribution in [0.1, 0.15) is 62.9 Å². The Morgan fingerprint density at radius 1 is 1.07 bits per heavy atom. The van der Waals surface area contributed by atoms with Crippen LogP contribution in [0.15, 0.2) is 70.0 Å². The molecule has 16 heteroatoms. The highest BCUT2D eigenvalue weighted by molar-refractivity contribution is 7.89. The first-order chi connectivity index (χ1) is 25.6. The van der Waals surface area contributed by atoms with E-state index in [-0.39, 0.29) is 54.7 Å². The molecular formula is C38H53N7O7S2. The van der Waals surface area contributed by atoms with Gasteiger partial charge in [0.25, 0.3) is 0 Å². The average Bonchev–Trinajstić information content (AvgIpc) is 3.73. The van der Waals surface area contributed by atoms with Gasteiger partial charge in [-0.2, -0.15) is 4.31 Å². The van der Waals surface area contributed by atoms with E-state index in [9.17, 15) is 27.9 Å². The van der Waals surface area contributed by atoms with Crippen LogP contribution in [0.4, 0.5) is 4.79 Å². The maximum atomic E-state index is 14.3. The molecule has 4 amide bonds. The van der Waals surface area contributed by atoms with Crippen molar-refractivity contribution in [3.8, 4) is 0 Å². The number of aliphatic hydroxyl groups excluding tert-OH is 1. The number of hydrogen-bond acceptors (Lipinski definition) is 10. The standard InChI is InChI=1S/C38H53N7O7S2/c1-7-27(4)36(45-18-17-43(38(45)49)22-31-25-53-35(40-31)24-42(6)28(5)46)37(48)41-33(19-29-11-9-8-10-12-29)34(47)23-44(21-26(2)3)54(51,52)32-15-13-30(14-16-32)20-39-50/h8-16,20,25-27,33-34,36,47,50H,7,17-19,21-24H2,1-6H3,(H,41,48)/t27-,33-,34-,36-/m0/s1. The molecule has 2 heterocycles. The van der Waals surface area contributed by atoms with Gasteiger partial charge in [-0.15, -0.1) is 11.3 Å². The van der Waals surface area contributed by atoms with Gasteiger partial charge in [-0.25, -0.2) is 18.2 Å². The maximum absolute atomic E-state index is 14.3. The number of rotatable bonds is 19. The van der Waals surface area contributed by atoms with Crippen LogP contribution < -0.4 is 5.32 Å². The summed E-state index contributed by atoms with van der Waals surface area (Å²) in [5.74, 6) is -0.804. The van der Waals surface area contributed by atoms with Crippen molar-refractivity contribution >= 4 is 45.4 Å². The van der Waals surface area contributed by atoms with Gasteiger partial charge in [0.15, 0.2) is 0 Å². The highest BCUT2D eigenvalue weighted by atomic mass is 32.2. The van der Waals surface area contributed by atoms with Gasteiger partial charge < -0.3 is 30.3 Å². The lowest BCUT2D eigenvalue weighted by Crippen LogP contribution is -2.57. The highest BCUT2D eigenvalue weighted by Crippen LogP contribution is 2.25. The fourth-order valence-electron chi connectivity index (χ4n) is 6.32. The summed E-state index contributed by atoms with van der Waals surface area (Å²) < 4.78 is 29.1. The molecule has 2 aromatic carbocycles. The fourth-order valence-corrected chi connectivity index (χ4v) is 8.77. The minimum absolute atomic E-state index is 0.0142. The summed E-state index contributed by atoms with van der Waals surface area (Å²) in [5, 5.41) is 29.4. The van der Waals surface area contributed by atoms with E-state index in [1.165, 1.54) is 53.0 Å². The van der Waals surface area contributed by atoms with Crippen molar-refractivity contribution in [2.75, 3.05) is 33.2 Å². The van der Waals surface area contributed by atoms with Gasteiger partial charge in [-0.1, -0.05) is 81.7 Å². The van der Waals surface area contributed by atoms with E-state index in [2.05, 4.69) is 15.5 Å². The molecule has 4 rings (SSSR count). The third kappa shape index (κ3) is 11.1. The number of aromatic nitrogens is 1. The van der Waals surface area contributed by atoms with E-state index < -0.39 is 34.1 Å². The van der Waals surface area contributed by atoms with Crippen molar-refractivity contribution in [2.45, 2.75) is 83.6 Å². The van der Waals surface area contributed by atoms with E-state index in [0.717, 1.165) is 10.6 Å². The predicted molar refractivity (Wildman–Crippen MR) is 208 cm³/mol. The van der Waals surface area contributed by atoms with Crippen LogP contribution >= 0.6 is 11.3 Å². The molecule has 3 aromatic rings. The Balaban J connectivity index is 1.56. The number of hydrogen-bond donors (Lipinski definition) is 3. The zero-order chi connectivity index (χ0) is 39.6. The van der Waals surface area contributed by atoms with Crippen LogP contribution in [0.2, 0.25) is 0 Å². The Labute approximate surface area is 322 Å². The van der Waals surface area contributed by atoms with Gasteiger partial charge in [0, 0.05) is 45.5 Å². The largest absolute Gasteiger partial charge is 0.411 e. The summed E-state index contributed by atoms with van der Waals surface area (Å²) in [4.78, 5) is 49.3. The SMILES string of the molecule is CC[C@H](C)[C@@H](C(=O)N[C@@H](Cc1ccccc1)[C@@H](O)CN(CC(C)C)S(=O)(=O)c1ccc(C=NO)cc1)N1CCN(Cc2csc(CN(C)C(C)=O)n2)C1=O. The topological polar surface area (TPSA) is 176 Å². The number of carbonyl (C=O) groups is 3. The second-order valence-corrected chi connectivity index (χ2v) is 17.1. The van der Waals surface area contributed by atoms with Gasteiger partial charge in [-0.05, 0) is 41.5 Å². The predicted octanol–water partition coefficient (Wildman–Crippen LogP) is 4.02. The van der Waals surface area contributed by atoms with Crippen molar-refractivity contribution in [2.24, 2.45) is 17.0 Å². The molecule has 14 nitrogen and oxygen atoms in total. The van der Waals surface area contributed by atoms with Crippen LogP contribution in [0.3, 0.4) is 0 Å². The van der Waals surface area contributed by atoms with Crippen LogP contribution in [-0.2, 0) is 39.1 Å². The lowest BCUT2D eigenvalue weighted by molar-refractivity contribution is -0.129. The van der Waals surface area contributed by atoms with E-state index in [4.69, 9.17) is 5.21 Å². The Morgan fingerprint density at radius 3 is 2.37 bits per heavy atom. The van der Waals surface area contributed by atoms with Crippen molar-refractivity contribution in [1.29, 1.82) is 0 Å². The highest BCUT2D eigenvalue weighted by Gasteiger charge is 2.41. The first-order valence-corrected chi connectivity index (χ1v) is 20.5. The third-order valence-corrected chi connectivity index (χ3v) is 12.3. The summed E-state index contributed by atoms with van der Waals surface area (Å²) in [7, 11) is -2.37. The molecule has 0 saturated carbocycles. The molecule has 294 valence electrons. The van der Waals surface area contributed by atoms with Crippen LogP contribution in [0.5, 0.6) is 0 Å². The van der Waals surface area contributed by atoms with Crippen molar-refractivity contribution in [3.63, 3.8) is 0 Å². The molecule has 1 aliphatic rings. The molecule has 0 bridgehead atoms. The number of carbonyl (C=O) groups excluding carboxylic acids is 3. The minimum atomic E-state index is -4.08. The van der Waals surface area contributed by atoms with Gasteiger partial charge in [-0.3, -0.25) is 9.59 Å². The number of aliphatic hydroxyl groups is 1. The van der Waals surface area contributed by atoms with E-state index >= 15 is 0 Å². The second-order valence-electron chi connectivity index (χ2n) is 14.2.